The molecule has 84 valence electrons. The van der Waals surface area contributed by atoms with E-state index in [-0.39, 0.29) is 0 Å². The minimum Gasteiger partial charge on any atom is -0.363 e. The Morgan fingerprint density at radius 1 is 1.33 bits per heavy atom. The molecule has 2 nitrogen and oxygen atoms in total. The Morgan fingerprint density at radius 3 is 2.53 bits per heavy atom. The zero-order valence-corrected chi connectivity index (χ0v) is 10.5. The summed E-state index contributed by atoms with van der Waals surface area (Å²) in [5.74, 6) is 1.72. The fraction of sp³-hybridized carbons (Fsp3) is 0.615. The van der Waals surface area contributed by atoms with Gasteiger partial charge in [-0.3, -0.25) is 0 Å². The van der Waals surface area contributed by atoms with Gasteiger partial charge in [0.1, 0.15) is 5.82 Å². The van der Waals surface area contributed by atoms with E-state index in [2.05, 4.69) is 50.0 Å². The maximum Gasteiger partial charge on any atom is 0.131 e. The molecule has 0 bridgehead atoms. The Bertz CT molecular complexity index is 318. The number of nitrogens with zero attached hydrogens (tertiary/aromatic N) is 2. The predicted octanol–water partition coefficient (Wildman–Crippen LogP) is 3.36. The Morgan fingerprint density at radius 2 is 2.00 bits per heavy atom. The Labute approximate surface area is 93.3 Å². The van der Waals surface area contributed by atoms with Crippen molar-refractivity contribution in [2.45, 2.75) is 39.5 Å². The molecule has 0 saturated heterocycles. The van der Waals surface area contributed by atoms with Crippen molar-refractivity contribution in [3.8, 4) is 0 Å². The molecule has 0 aromatic carbocycles. The smallest absolute Gasteiger partial charge is 0.131 e. The van der Waals surface area contributed by atoms with Gasteiger partial charge in [-0.15, -0.1) is 0 Å². The van der Waals surface area contributed by atoms with E-state index >= 15 is 0 Å². The van der Waals surface area contributed by atoms with E-state index in [1.165, 1.54) is 18.4 Å². The van der Waals surface area contributed by atoms with Gasteiger partial charge in [0.2, 0.25) is 0 Å². The number of anilines is 1. The van der Waals surface area contributed by atoms with Gasteiger partial charge in [0, 0.05) is 19.8 Å². The molecule has 0 aliphatic rings. The van der Waals surface area contributed by atoms with E-state index in [0.717, 1.165) is 11.5 Å². The summed E-state index contributed by atoms with van der Waals surface area (Å²) >= 11 is 0. The molecule has 1 unspecified atom stereocenters. The summed E-state index contributed by atoms with van der Waals surface area (Å²) < 4.78 is 0. The van der Waals surface area contributed by atoms with E-state index in [4.69, 9.17) is 0 Å². The van der Waals surface area contributed by atoms with Crippen LogP contribution in [0.1, 0.15) is 43.9 Å². The molecule has 15 heavy (non-hydrogen) atoms. The maximum absolute atomic E-state index is 4.60. The minimum atomic E-state index is 0.598. The highest BCUT2D eigenvalue weighted by Gasteiger charge is 2.12. The molecule has 1 atom stereocenters. The molecular weight excluding hydrogens is 184 g/mol. The number of hydrogen-bond acceptors (Lipinski definition) is 2. The summed E-state index contributed by atoms with van der Waals surface area (Å²) in [6, 6.07) is 4.33. The molecule has 1 aromatic heterocycles. The molecule has 0 saturated carbocycles. The lowest BCUT2D eigenvalue weighted by Crippen LogP contribution is -2.15. The van der Waals surface area contributed by atoms with Crippen molar-refractivity contribution in [3.63, 3.8) is 0 Å². The molecule has 1 heterocycles. The van der Waals surface area contributed by atoms with Gasteiger partial charge < -0.3 is 4.90 Å². The monoisotopic (exact) mass is 206 g/mol. The second-order valence-corrected chi connectivity index (χ2v) is 4.45. The minimum absolute atomic E-state index is 0.598. The van der Waals surface area contributed by atoms with Crippen molar-refractivity contribution in [2.24, 2.45) is 0 Å². The SMILES string of the molecule is CCCC(C)c1ccc(C)nc1N(C)C. The fourth-order valence-electron chi connectivity index (χ4n) is 1.89. The van der Waals surface area contributed by atoms with E-state index in [9.17, 15) is 0 Å². The normalized spacial score (nSPS) is 12.6. The van der Waals surface area contributed by atoms with Crippen LogP contribution in [0.15, 0.2) is 12.1 Å². The predicted molar refractivity (Wildman–Crippen MR) is 66.6 cm³/mol. The first kappa shape index (κ1) is 12.0. The molecule has 0 amide bonds. The van der Waals surface area contributed by atoms with Gasteiger partial charge in [0.15, 0.2) is 0 Å². The third-order valence-corrected chi connectivity index (χ3v) is 2.72. The lowest BCUT2D eigenvalue weighted by Gasteiger charge is -2.20. The van der Waals surface area contributed by atoms with Crippen LogP contribution in [0.2, 0.25) is 0 Å². The van der Waals surface area contributed by atoms with Crippen molar-refractivity contribution in [2.75, 3.05) is 19.0 Å². The van der Waals surface area contributed by atoms with E-state index in [1.807, 2.05) is 6.92 Å². The van der Waals surface area contributed by atoms with Crippen LogP contribution < -0.4 is 4.90 Å². The summed E-state index contributed by atoms with van der Waals surface area (Å²) in [6.07, 6.45) is 2.45. The summed E-state index contributed by atoms with van der Waals surface area (Å²) in [6.45, 7) is 6.55. The first-order valence-electron chi connectivity index (χ1n) is 5.71. The highest BCUT2D eigenvalue weighted by molar-refractivity contribution is 5.48. The number of rotatable bonds is 4. The molecule has 2 heteroatoms. The van der Waals surface area contributed by atoms with Gasteiger partial charge in [-0.1, -0.05) is 26.3 Å². The molecule has 0 spiro atoms. The largest absolute Gasteiger partial charge is 0.363 e. The van der Waals surface area contributed by atoms with Gasteiger partial charge in [0.25, 0.3) is 0 Å². The first-order chi connectivity index (χ1) is 7.06. The lowest BCUT2D eigenvalue weighted by atomic mass is 9.96. The standard InChI is InChI=1S/C13H22N2/c1-6-7-10(2)12-9-8-11(3)14-13(12)15(4)5/h8-10H,6-7H2,1-5H3. The summed E-state index contributed by atoms with van der Waals surface area (Å²) in [7, 11) is 4.12. The lowest BCUT2D eigenvalue weighted by molar-refractivity contribution is 0.661. The molecule has 0 fully saturated rings. The van der Waals surface area contributed by atoms with Crippen LogP contribution in [0.3, 0.4) is 0 Å². The number of aryl methyl sites for hydroxylation is 1. The fourth-order valence-corrected chi connectivity index (χ4v) is 1.89. The van der Waals surface area contributed by atoms with E-state index in [0.29, 0.717) is 5.92 Å². The second-order valence-electron chi connectivity index (χ2n) is 4.45. The van der Waals surface area contributed by atoms with Crippen LogP contribution in [0.4, 0.5) is 5.82 Å². The first-order valence-corrected chi connectivity index (χ1v) is 5.71. The molecule has 1 aromatic rings. The number of hydrogen-bond donors (Lipinski definition) is 0. The third-order valence-electron chi connectivity index (χ3n) is 2.72. The highest BCUT2D eigenvalue weighted by Crippen LogP contribution is 2.28. The Hall–Kier alpha value is -1.05. The van der Waals surface area contributed by atoms with Crippen molar-refractivity contribution in [1.82, 2.24) is 4.98 Å². The van der Waals surface area contributed by atoms with Crippen molar-refractivity contribution >= 4 is 5.82 Å². The van der Waals surface area contributed by atoms with Crippen LogP contribution in [0.25, 0.3) is 0 Å². The quantitative estimate of drug-likeness (QED) is 0.751. The summed E-state index contributed by atoms with van der Waals surface area (Å²) in [5, 5.41) is 0. The van der Waals surface area contributed by atoms with Gasteiger partial charge in [-0.25, -0.2) is 4.98 Å². The van der Waals surface area contributed by atoms with E-state index in [1.54, 1.807) is 0 Å². The van der Waals surface area contributed by atoms with Gasteiger partial charge in [0.05, 0.1) is 0 Å². The molecule has 0 radical (unpaired) electrons. The van der Waals surface area contributed by atoms with Crippen molar-refractivity contribution in [3.05, 3.63) is 23.4 Å². The zero-order valence-electron chi connectivity index (χ0n) is 10.5. The van der Waals surface area contributed by atoms with Crippen LogP contribution in [-0.4, -0.2) is 19.1 Å². The van der Waals surface area contributed by atoms with Crippen LogP contribution in [0, 0.1) is 6.92 Å². The number of pyridine rings is 1. The van der Waals surface area contributed by atoms with Crippen molar-refractivity contribution < 1.29 is 0 Å². The molecule has 0 aliphatic heterocycles. The zero-order chi connectivity index (χ0) is 11.4. The average Bonchev–Trinajstić information content (AvgIpc) is 2.17. The van der Waals surface area contributed by atoms with Crippen molar-refractivity contribution in [1.29, 1.82) is 0 Å². The van der Waals surface area contributed by atoms with Gasteiger partial charge in [-0.2, -0.15) is 0 Å². The van der Waals surface area contributed by atoms with Crippen LogP contribution >= 0.6 is 0 Å². The Balaban J connectivity index is 3.05. The summed E-state index contributed by atoms with van der Waals surface area (Å²) in [5.41, 5.74) is 2.46. The van der Waals surface area contributed by atoms with E-state index < -0.39 is 0 Å². The van der Waals surface area contributed by atoms with Crippen LogP contribution in [0.5, 0.6) is 0 Å². The summed E-state index contributed by atoms with van der Waals surface area (Å²) in [4.78, 5) is 6.71. The second kappa shape index (κ2) is 5.15. The molecular formula is C13H22N2. The average molecular weight is 206 g/mol. The highest BCUT2D eigenvalue weighted by atomic mass is 15.1. The van der Waals surface area contributed by atoms with Gasteiger partial charge >= 0.3 is 0 Å². The molecule has 0 N–H and O–H groups in total. The molecule has 0 aliphatic carbocycles. The van der Waals surface area contributed by atoms with Crippen LogP contribution in [-0.2, 0) is 0 Å². The maximum atomic E-state index is 4.60. The number of aromatic nitrogens is 1. The third kappa shape index (κ3) is 2.95. The van der Waals surface area contributed by atoms with Gasteiger partial charge in [-0.05, 0) is 30.9 Å². The topological polar surface area (TPSA) is 16.1 Å². The Kier molecular flexibility index (Phi) is 4.13. The molecule has 1 rings (SSSR count).